The van der Waals surface area contributed by atoms with E-state index in [9.17, 15) is 0 Å². The zero-order valence-corrected chi connectivity index (χ0v) is 11.8. The topological polar surface area (TPSA) is 32.6 Å². The molecular formula is C18H19NO. The molecule has 2 heteroatoms. The monoisotopic (exact) mass is 265 g/mol. The lowest BCUT2D eigenvalue weighted by Gasteiger charge is -2.17. The van der Waals surface area contributed by atoms with Crippen LogP contribution in [0.5, 0.6) is 0 Å². The van der Waals surface area contributed by atoms with Gasteiger partial charge in [-0.2, -0.15) is 0 Å². The summed E-state index contributed by atoms with van der Waals surface area (Å²) in [5, 5.41) is 12.0. The maximum absolute atomic E-state index is 8.80. The van der Waals surface area contributed by atoms with Gasteiger partial charge in [0.15, 0.2) is 0 Å². The molecule has 2 aromatic rings. The summed E-state index contributed by atoms with van der Waals surface area (Å²) in [4.78, 5) is 0. The van der Waals surface area contributed by atoms with Crippen LogP contribution in [0, 0.1) is 5.41 Å². The van der Waals surface area contributed by atoms with Gasteiger partial charge in [-0.25, -0.2) is 0 Å². The van der Waals surface area contributed by atoms with Crippen LogP contribution in [0.15, 0.2) is 71.9 Å². The fourth-order valence-electron chi connectivity index (χ4n) is 2.13. The highest BCUT2D eigenvalue weighted by Crippen LogP contribution is 2.28. The number of hydrogen-bond acceptors (Lipinski definition) is 2. The molecule has 0 amide bonds. The van der Waals surface area contributed by atoms with Crippen molar-refractivity contribution >= 4 is 11.8 Å². The second-order valence-electron chi connectivity index (χ2n) is 5.36. The van der Waals surface area contributed by atoms with Crippen LogP contribution in [0.1, 0.15) is 25.0 Å². The van der Waals surface area contributed by atoms with Crippen molar-refractivity contribution in [3.63, 3.8) is 0 Å². The molecule has 0 fully saturated rings. The zero-order valence-electron chi connectivity index (χ0n) is 11.8. The fourth-order valence-corrected chi connectivity index (χ4v) is 2.13. The van der Waals surface area contributed by atoms with Gasteiger partial charge in [0.2, 0.25) is 0 Å². The summed E-state index contributed by atoms with van der Waals surface area (Å²) >= 11 is 0. The van der Waals surface area contributed by atoms with E-state index in [0.29, 0.717) is 0 Å². The van der Waals surface area contributed by atoms with Gasteiger partial charge in [-0.15, -0.1) is 5.16 Å². The Labute approximate surface area is 120 Å². The first-order valence-electron chi connectivity index (χ1n) is 6.65. The molecule has 0 saturated heterocycles. The Bertz CT molecular complexity index is 556. The van der Waals surface area contributed by atoms with Crippen molar-refractivity contribution in [1.29, 1.82) is 0 Å². The minimum atomic E-state index is -0.324. The van der Waals surface area contributed by atoms with E-state index >= 15 is 0 Å². The van der Waals surface area contributed by atoms with Gasteiger partial charge in [0.25, 0.3) is 0 Å². The predicted octanol–water partition coefficient (Wildman–Crippen LogP) is 4.60. The van der Waals surface area contributed by atoms with E-state index in [4.69, 9.17) is 5.21 Å². The van der Waals surface area contributed by atoms with Crippen LogP contribution in [0.4, 0.5) is 0 Å². The van der Waals surface area contributed by atoms with E-state index in [2.05, 4.69) is 35.5 Å². The number of nitrogens with zero attached hydrogens (tertiary/aromatic N) is 1. The molecule has 0 aliphatic rings. The summed E-state index contributed by atoms with van der Waals surface area (Å²) in [6, 6.07) is 20.5. The van der Waals surface area contributed by atoms with Crippen LogP contribution in [0.3, 0.4) is 0 Å². The SMILES string of the molecule is CC(C)(C=NO)C=C(c1ccccc1)c1ccccc1. The largest absolute Gasteiger partial charge is 0.411 e. The van der Waals surface area contributed by atoms with Crippen LogP contribution in [0.25, 0.3) is 5.57 Å². The smallest absolute Gasteiger partial charge is 0.0530 e. The molecule has 0 unspecified atom stereocenters. The highest BCUT2D eigenvalue weighted by atomic mass is 16.4. The maximum Gasteiger partial charge on any atom is 0.0530 e. The third kappa shape index (κ3) is 3.58. The van der Waals surface area contributed by atoms with Gasteiger partial charge < -0.3 is 5.21 Å². The highest BCUT2D eigenvalue weighted by Gasteiger charge is 2.15. The molecule has 0 aliphatic heterocycles. The standard InChI is InChI=1S/C18H19NO/c1-18(2,14-19-20)13-17(15-9-5-3-6-10-15)16-11-7-4-8-12-16/h3-14,20H,1-2H3. The Morgan fingerprint density at radius 1 is 0.900 bits per heavy atom. The molecule has 0 saturated carbocycles. The Morgan fingerprint density at radius 3 is 1.75 bits per heavy atom. The lowest BCUT2D eigenvalue weighted by Crippen LogP contribution is -2.10. The summed E-state index contributed by atoms with van der Waals surface area (Å²) in [7, 11) is 0. The molecule has 20 heavy (non-hydrogen) atoms. The van der Waals surface area contributed by atoms with Crippen molar-refractivity contribution < 1.29 is 5.21 Å². The Hall–Kier alpha value is -2.35. The van der Waals surface area contributed by atoms with Crippen LogP contribution in [-0.2, 0) is 0 Å². The summed E-state index contributed by atoms with van der Waals surface area (Å²) in [5.41, 5.74) is 3.11. The first-order chi connectivity index (χ1) is 9.62. The van der Waals surface area contributed by atoms with Crippen LogP contribution in [0.2, 0.25) is 0 Å². The lowest BCUT2D eigenvalue weighted by molar-refractivity contribution is 0.317. The normalized spacial score (nSPS) is 11.5. The number of benzene rings is 2. The van der Waals surface area contributed by atoms with E-state index in [-0.39, 0.29) is 5.41 Å². The Morgan fingerprint density at radius 2 is 1.35 bits per heavy atom. The molecule has 0 radical (unpaired) electrons. The molecule has 1 N–H and O–H groups in total. The third-order valence-electron chi connectivity index (χ3n) is 3.08. The predicted molar refractivity (Wildman–Crippen MR) is 84.0 cm³/mol. The summed E-state index contributed by atoms with van der Waals surface area (Å²) < 4.78 is 0. The van der Waals surface area contributed by atoms with Crippen molar-refractivity contribution in [1.82, 2.24) is 0 Å². The second kappa shape index (κ2) is 6.20. The van der Waals surface area contributed by atoms with Gasteiger partial charge in [0.1, 0.15) is 0 Å². The molecule has 2 nitrogen and oxygen atoms in total. The van der Waals surface area contributed by atoms with Crippen LogP contribution < -0.4 is 0 Å². The molecule has 0 spiro atoms. The molecule has 0 heterocycles. The zero-order chi connectivity index (χ0) is 14.4. The molecule has 0 aliphatic carbocycles. The van der Waals surface area contributed by atoms with E-state index in [1.165, 1.54) is 0 Å². The number of hydrogen-bond donors (Lipinski definition) is 1. The lowest BCUT2D eigenvalue weighted by atomic mass is 9.87. The number of allylic oxidation sites excluding steroid dienone is 1. The molecular weight excluding hydrogens is 246 g/mol. The van der Waals surface area contributed by atoms with E-state index in [1.807, 2.05) is 50.2 Å². The van der Waals surface area contributed by atoms with Gasteiger partial charge >= 0.3 is 0 Å². The van der Waals surface area contributed by atoms with E-state index < -0.39 is 0 Å². The van der Waals surface area contributed by atoms with E-state index in [0.717, 1.165) is 16.7 Å². The van der Waals surface area contributed by atoms with Crippen LogP contribution >= 0.6 is 0 Å². The first-order valence-corrected chi connectivity index (χ1v) is 6.65. The third-order valence-corrected chi connectivity index (χ3v) is 3.08. The van der Waals surface area contributed by atoms with Gasteiger partial charge in [-0.1, -0.05) is 80.6 Å². The molecule has 0 aromatic heterocycles. The van der Waals surface area contributed by atoms with Crippen molar-refractivity contribution in [3.05, 3.63) is 77.9 Å². The average Bonchev–Trinajstić information content (AvgIpc) is 2.47. The first kappa shape index (κ1) is 14.1. The van der Waals surface area contributed by atoms with Crippen molar-refractivity contribution in [3.8, 4) is 0 Å². The molecule has 0 atom stereocenters. The number of oxime groups is 1. The summed E-state index contributed by atoms with van der Waals surface area (Å²) in [6.45, 7) is 4.03. The minimum Gasteiger partial charge on any atom is -0.411 e. The minimum absolute atomic E-state index is 0.324. The Balaban J connectivity index is 2.54. The summed E-state index contributed by atoms with van der Waals surface area (Å²) in [6.07, 6.45) is 3.66. The van der Waals surface area contributed by atoms with Gasteiger partial charge in [0.05, 0.1) is 6.21 Å². The van der Waals surface area contributed by atoms with Crippen molar-refractivity contribution in [2.45, 2.75) is 13.8 Å². The molecule has 102 valence electrons. The fraction of sp³-hybridized carbons (Fsp3) is 0.167. The summed E-state index contributed by atoms with van der Waals surface area (Å²) in [5.74, 6) is 0. The molecule has 2 rings (SSSR count). The number of rotatable bonds is 4. The van der Waals surface area contributed by atoms with Gasteiger partial charge in [-0.3, -0.25) is 0 Å². The van der Waals surface area contributed by atoms with Crippen molar-refractivity contribution in [2.24, 2.45) is 10.6 Å². The van der Waals surface area contributed by atoms with E-state index in [1.54, 1.807) is 6.21 Å². The van der Waals surface area contributed by atoms with Crippen LogP contribution in [-0.4, -0.2) is 11.4 Å². The van der Waals surface area contributed by atoms with Gasteiger partial charge in [0, 0.05) is 5.41 Å². The quantitative estimate of drug-likeness (QED) is 0.489. The molecule has 0 bridgehead atoms. The Kier molecular flexibility index (Phi) is 4.36. The second-order valence-corrected chi connectivity index (χ2v) is 5.36. The average molecular weight is 265 g/mol. The van der Waals surface area contributed by atoms with Gasteiger partial charge in [-0.05, 0) is 16.7 Å². The highest BCUT2D eigenvalue weighted by molar-refractivity contribution is 5.83. The maximum atomic E-state index is 8.80. The van der Waals surface area contributed by atoms with Crippen molar-refractivity contribution in [2.75, 3.05) is 0 Å². The molecule has 2 aromatic carbocycles.